The molecule has 1 aliphatic carbocycles. The van der Waals surface area contributed by atoms with Crippen LogP contribution in [0.4, 0.5) is 5.82 Å². The van der Waals surface area contributed by atoms with Gasteiger partial charge in [0.25, 0.3) is 0 Å². The number of nitrogens with zero attached hydrogens (tertiary/aromatic N) is 2. The van der Waals surface area contributed by atoms with E-state index < -0.39 is 9.84 Å². The van der Waals surface area contributed by atoms with Crippen LogP contribution < -0.4 is 5.73 Å². The molecule has 3 rings (SSSR count). The molecule has 0 unspecified atom stereocenters. The lowest BCUT2D eigenvalue weighted by atomic mass is 9.98. The van der Waals surface area contributed by atoms with Gasteiger partial charge in [0.15, 0.2) is 0 Å². The van der Waals surface area contributed by atoms with Gasteiger partial charge in [0.2, 0.25) is 9.84 Å². The maximum atomic E-state index is 13.2. The molecule has 0 aliphatic heterocycles. The number of nitrogen functional groups attached to an aromatic ring is 1. The van der Waals surface area contributed by atoms with Crippen molar-refractivity contribution in [2.24, 2.45) is 0 Å². The van der Waals surface area contributed by atoms with Crippen molar-refractivity contribution >= 4 is 15.7 Å². The number of nitrogens with two attached hydrogens (primary N) is 1. The van der Waals surface area contributed by atoms with Crippen LogP contribution in [0, 0.1) is 0 Å². The minimum absolute atomic E-state index is 0.320. The number of anilines is 1. The summed E-state index contributed by atoms with van der Waals surface area (Å²) in [4.78, 5) is 2.80. The number of sulfone groups is 1. The lowest BCUT2D eigenvalue weighted by Crippen LogP contribution is -2.17. The summed E-state index contributed by atoms with van der Waals surface area (Å²) in [6, 6.07) is 8.62. The number of hydrogen-bond acceptors (Lipinski definition) is 4. The van der Waals surface area contributed by atoms with Crippen LogP contribution in [0.5, 0.6) is 0 Å². The SMILES string of the molecule is CN(C)CCCn1c(N)c(S(=O)(=O)c2ccccc2)c2c1CCCC2. The highest BCUT2D eigenvalue weighted by Gasteiger charge is 2.32. The van der Waals surface area contributed by atoms with Gasteiger partial charge in [0, 0.05) is 12.2 Å². The predicted octanol–water partition coefficient (Wildman–Crippen LogP) is 2.73. The molecule has 1 aliphatic rings. The topological polar surface area (TPSA) is 68.3 Å². The number of rotatable bonds is 6. The van der Waals surface area contributed by atoms with Gasteiger partial charge in [-0.1, -0.05) is 18.2 Å². The standard InChI is InChI=1S/C19H27N3O2S/c1-21(2)13-8-14-22-17-12-7-6-11-16(17)18(19(22)20)25(23,24)15-9-4-3-5-10-15/h3-5,9-10H,6-8,11-14,20H2,1-2H3. The van der Waals surface area contributed by atoms with E-state index in [1.54, 1.807) is 24.3 Å². The third kappa shape index (κ3) is 3.46. The molecule has 1 aromatic heterocycles. The first-order chi connectivity index (χ1) is 11.9. The van der Waals surface area contributed by atoms with Crippen molar-refractivity contribution in [1.82, 2.24) is 9.47 Å². The molecule has 6 heteroatoms. The molecule has 0 saturated carbocycles. The molecule has 5 nitrogen and oxygen atoms in total. The maximum absolute atomic E-state index is 13.2. The fourth-order valence-corrected chi connectivity index (χ4v) is 5.35. The summed E-state index contributed by atoms with van der Waals surface area (Å²) in [6.45, 7) is 1.71. The van der Waals surface area contributed by atoms with Crippen LogP contribution in [0.25, 0.3) is 0 Å². The van der Waals surface area contributed by atoms with Crippen molar-refractivity contribution in [2.45, 2.75) is 48.4 Å². The lowest BCUT2D eigenvalue weighted by Gasteiger charge is -2.17. The summed E-state index contributed by atoms with van der Waals surface area (Å²) < 4.78 is 28.5. The molecule has 25 heavy (non-hydrogen) atoms. The summed E-state index contributed by atoms with van der Waals surface area (Å²) in [5.74, 6) is 0.412. The molecular weight excluding hydrogens is 334 g/mol. The van der Waals surface area contributed by atoms with Crippen molar-refractivity contribution in [1.29, 1.82) is 0 Å². The Morgan fingerprint density at radius 3 is 2.48 bits per heavy atom. The Labute approximate surface area is 150 Å². The zero-order valence-corrected chi connectivity index (χ0v) is 15.8. The van der Waals surface area contributed by atoms with Crippen molar-refractivity contribution in [3.8, 4) is 0 Å². The zero-order valence-electron chi connectivity index (χ0n) is 15.0. The summed E-state index contributed by atoms with van der Waals surface area (Å²) >= 11 is 0. The zero-order chi connectivity index (χ0) is 18.0. The summed E-state index contributed by atoms with van der Waals surface area (Å²) in [5, 5.41) is 0. The quantitative estimate of drug-likeness (QED) is 0.859. The van der Waals surface area contributed by atoms with Gasteiger partial charge in [-0.15, -0.1) is 0 Å². The van der Waals surface area contributed by atoms with E-state index in [-0.39, 0.29) is 0 Å². The molecule has 0 atom stereocenters. The third-order valence-electron chi connectivity index (χ3n) is 4.87. The summed E-state index contributed by atoms with van der Waals surface area (Å²) in [5.41, 5.74) is 8.46. The second kappa shape index (κ2) is 7.22. The summed E-state index contributed by atoms with van der Waals surface area (Å²) in [7, 11) is 0.495. The molecular formula is C19H27N3O2S. The summed E-state index contributed by atoms with van der Waals surface area (Å²) in [6.07, 6.45) is 4.76. The molecule has 0 bridgehead atoms. The molecule has 1 aromatic carbocycles. The van der Waals surface area contributed by atoms with Gasteiger partial charge < -0.3 is 15.2 Å². The van der Waals surface area contributed by atoms with Crippen molar-refractivity contribution in [3.63, 3.8) is 0 Å². The molecule has 2 aromatic rings. The van der Waals surface area contributed by atoms with E-state index >= 15 is 0 Å². The molecule has 0 fully saturated rings. The average Bonchev–Trinajstić information content (AvgIpc) is 2.88. The Bertz CT molecular complexity index is 839. The smallest absolute Gasteiger partial charge is 0.210 e. The van der Waals surface area contributed by atoms with Crippen LogP contribution in [0.1, 0.15) is 30.5 Å². The average molecular weight is 362 g/mol. The first-order valence-electron chi connectivity index (χ1n) is 8.87. The third-order valence-corrected chi connectivity index (χ3v) is 6.76. The molecule has 2 N–H and O–H groups in total. The fourth-order valence-electron chi connectivity index (χ4n) is 3.67. The lowest BCUT2D eigenvalue weighted by molar-refractivity contribution is 0.385. The van der Waals surface area contributed by atoms with Gasteiger partial charge in [-0.2, -0.15) is 0 Å². The van der Waals surface area contributed by atoms with E-state index in [1.165, 1.54) is 0 Å². The van der Waals surface area contributed by atoms with Crippen LogP contribution in [-0.2, 0) is 29.2 Å². The van der Waals surface area contributed by atoms with E-state index in [2.05, 4.69) is 4.90 Å². The van der Waals surface area contributed by atoms with Gasteiger partial charge in [-0.3, -0.25) is 0 Å². The Morgan fingerprint density at radius 1 is 1.12 bits per heavy atom. The number of hydrogen-bond donors (Lipinski definition) is 1. The second-order valence-electron chi connectivity index (χ2n) is 6.97. The Hall–Kier alpha value is -1.79. The first-order valence-corrected chi connectivity index (χ1v) is 10.4. The van der Waals surface area contributed by atoms with Crippen LogP contribution >= 0.6 is 0 Å². The molecule has 0 amide bonds. The van der Waals surface area contributed by atoms with E-state index in [1.807, 2.05) is 24.7 Å². The van der Waals surface area contributed by atoms with E-state index in [0.717, 1.165) is 56.5 Å². The Morgan fingerprint density at radius 2 is 1.80 bits per heavy atom. The minimum Gasteiger partial charge on any atom is -0.384 e. The van der Waals surface area contributed by atoms with Gasteiger partial charge in [-0.05, 0) is 70.4 Å². The highest BCUT2D eigenvalue weighted by Crippen LogP contribution is 2.38. The van der Waals surface area contributed by atoms with Gasteiger partial charge in [0.05, 0.1) is 4.90 Å². The monoisotopic (exact) mass is 361 g/mol. The number of benzene rings is 1. The minimum atomic E-state index is -3.59. The van der Waals surface area contributed by atoms with E-state index in [9.17, 15) is 8.42 Å². The van der Waals surface area contributed by atoms with Crippen molar-refractivity contribution in [3.05, 3.63) is 41.6 Å². The molecule has 0 saturated heterocycles. The van der Waals surface area contributed by atoms with Crippen LogP contribution in [0.2, 0.25) is 0 Å². The normalized spacial score (nSPS) is 14.7. The van der Waals surface area contributed by atoms with Crippen LogP contribution in [0.15, 0.2) is 40.1 Å². The van der Waals surface area contributed by atoms with E-state index in [0.29, 0.717) is 15.6 Å². The molecule has 0 radical (unpaired) electrons. The maximum Gasteiger partial charge on any atom is 0.210 e. The van der Waals surface area contributed by atoms with Gasteiger partial charge >= 0.3 is 0 Å². The highest BCUT2D eigenvalue weighted by molar-refractivity contribution is 7.91. The number of fused-ring (bicyclic) bond motifs is 1. The largest absolute Gasteiger partial charge is 0.384 e. The highest BCUT2D eigenvalue weighted by atomic mass is 32.2. The van der Waals surface area contributed by atoms with Crippen LogP contribution in [-0.4, -0.2) is 38.5 Å². The molecule has 136 valence electrons. The van der Waals surface area contributed by atoms with E-state index in [4.69, 9.17) is 5.73 Å². The van der Waals surface area contributed by atoms with Crippen molar-refractivity contribution in [2.75, 3.05) is 26.4 Å². The Kier molecular flexibility index (Phi) is 5.20. The Balaban J connectivity index is 2.07. The second-order valence-corrected chi connectivity index (χ2v) is 8.86. The predicted molar refractivity (Wildman–Crippen MR) is 101 cm³/mol. The first kappa shape index (κ1) is 18.0. The van der Waals surface area contributed by atoms with Crippen LogP contribution in [0.3, 0.4) is 0 Å². The molecule has 0 spiro atoms. The van der Waals surface area contributed by atoms with Crippen molar-refractivity contribution < 1.29 is 8.42 Å². The molecule has 1 heterocycles. The van der Waals surface area contributed by atoms with Gasteiger partial charge in [0.1, 0.15) is 10.7 Å². The fraction of sp³-hybridized carbons (Fsp3) is 0.474. The number of aromatic nitrogens is 1. The van der Waals surface area contributed by atoms with Gasteiger partial charge in [-0.25, -0.2) is 8.42 Å².